The normalized spacial score (nSPS) is 31.3. The lowest BCUT2D eigenvalue weighted by Crippen LogP contribution is -2.68. The van der Waals surface area contributed by atoms with Crippen molar-refractivity contribution in [3.05, 3.63) is 0 Å². The summed E-state index contributed by atoms with van der Waals surface area (Å²) in [5, 5.41) is -5.24. The van der Waals surface area contributed by atoms with Gasteiger partial charge < -0.3 is 0 Å². The SMILES string of the molecule is C[Si](C)(C)C1(F)C(F)(F)C(F)(F)C(F)(F)C1(F)F. The first-order valence-electron chi connectivity index (χ1n) is 4.70. The molecule has 0 N–H and O–H groups in total. The fraction of sp³-hybridized carbons (Fsp3) is 1.00. The van der Waals surface area contributed by atoms with Crippen molar-refractivity contribution in [3.63, 3.8) is 0 Å². The van der Waals surface area contributed by atoms with Crippen LogP contribution in [0.5, 0.6) is 0 Å². The van der Waals surface area contributed by atoms with E-state index < -0.39 is 37.1 Å². The minimum atomic E-state index is -6.45. The average molecular weight is 304 g/mol. The topological polar surface area (TPSA) is 0 Å². The first-order chi connectivity index (χ1) is 7.50. The predicted molar refractivity (Wildman–Crippen MR) is 47.0 cm³/mol. The summed E-state index contributed by atoms with van der Waals surface area (Å²) in [7, 11) is -4.42. The molecule has 0 unspecified atom stereocenters. The van der Waals surface area contributed by atoms with E-state index >= 15 is 0 Å². The molecule has 0 radical (unpaired) electrons. The molecule has 0 aromatic carbocycles. The fourth-order valence-electron chi connectivity index (χ4n) is 1.97. The molecule has 0 atom stereocenters. The van der Waals surface area contributed by atoms with Crippen LogP contribution in [0.2, 0.25) is 19.6 Å². The van der Waals surface area contributed by atoms with Gasteiger partial charge in [0.15, 0.2) is 0 Å². The highest BCUT2D eigenvalue weighted by Crippen LogP contribution is 2.71. The van der Waals surface area contributed by atoms with Crippen LogP contribution in [-0.4, -0.2) is 37.1 Å². The second-order valence-electron chi connectivity index (χ2n) is 5.21. The van der Waals surface area contributed by atoms with Gasteiger partial charge in [-0.05, 0) is 0 Å². The van der Waals surface area contributed by atoms with Crippen LogP contribution < -0.4 is 0 Å². The van der Waals surface area contributed by atoms with Crippen LogP contribution in [0, 0.1) is 0 Å². The van der Waals surface area contributed by atoms with Crippen LogP contribution in [-0.2, 0) is 0 Å². The van der Waals surface area contributed by atoms with Gasteiger partial charge in [-0.15, -0.1) is 0 Å². The van der Waals surface area contributed by atoms with E-state index in [2.05, 4.69) is 0 Å². The van der Waals surface area contributed by atoms with Gasteiger partial charge >= 0.3 is 23.7 Å². The van der Waals surface area contributed by atoms with Gasteiger partial charge in [-0.1, -0.05) is 19.6 Å². The van der Waals surface area contributed by atoms with Gasteiger partial charge in [-0.3, -0.25) is 0 Å². The highest BCUT2D eigenvalue weighted by atomic mass is 28.3. The molecule has 18 heavy (non-hydrogen) atoms. The standard InChI is InChI=1S/C8H9F9Si/c1-18(2,3)8(17)6(13,14)4(9,10)5(11,12)7(8,15)16/h1-3H3. The zero-order valence-electron chi connectivity index (χ0n) is 9.40. The Morgan fingerprint density at radius 1 is 0.500 bits per heavy atom. The van der Waals surface area contributed by atoms with E-state index in [1.807, 2.05) is 0 Å². The molecule has 10 heteroatoms. The summed E-state index contributed by atoms with van der Waals surface area (Å²) in [5.74, 6) is -25.2. The van der Waals surface area contributed by atoms with Crippen LogP contribution in [0.1, 0.15) is 0 Å². The summed E-state index contributed by atoms with van der Waals surface area (Å²) in [4.78, 5) is 0. The summed E-state index contributed by atoms with van der Waals surface area (Å²) < 4.78 is 118. The van der Waals surface area contributed by atoms with E-state index in [9.17, 15) is 39.5 Å². The minimum absolute atomic E-state index is 0.562. The summed E-state index contributed by atoms with van der Waals surface area (Å²) in [6, 6.07) is 0. The number of alkyl halides is 9. The Hall–Kier alpha value is -0.413. The van der Waals surface area contributed by atoms with Gasteiger partial charge in [0.2, 0.25) is 5.29 Å². The molecule has 0 aliphatic heterocycles. The second-order valence-corrected chi connectivity index (χ2v) is 10.4. The van der Waals surface area contributed by atoms with Crippen LogP contribution >= 0.6 is 0 Å². The van der Waals surface area contributed by atoms with Crippen molar-refractivity contribution < 1.29 is 39.5 Å². The average Bonchev–Trinajstić information content (AvgIpc) is 2.16. The third-order valence-corrected chi connectivity index (χ3v) is 5.78. The van der Waals surface area contributed by atoms with Crippen molar-refractivity contribution in [1.82, 2.24) is 0 Å². The molecule has 1 aliphatic rings. The third kappa shape index (κ3) is 1.15. The maximum absolute atomic E-state index is 14.0. The Bertz CT molecular complexity index is 341. The Morgan fingerprint density at radius 2 is 0.722 bits per heavy atom. The summed E-state index contributed by atoms with van der Waals surface area (Å²) in [6.45, 7) is 1.69. The molecule has 108 valence electrons. The first kappa shape index (κ1) is 15.6. The maximum Gasteiger partial charge on any atom is 0.381 e. The van der Waals surface area contributed by atoms with E-state index in [0.29, 0.717) is 19.6 Å². The quantitative estimate of drug-likeness (QED) is 0.505. The van der Waals surface area contributed by atoms with E-state index in [4.69, 9.17) is 0 Å². The van der Waals surface area contributed by atoms with Crippen molar-refractivity contribution in [3.8, 4) is 0 Å². The molecule has 0 saturated heterocycles. The Balaban J connectivity index is 3.75. The van der Waals surface area contributed by atoms with E-state index in [1.54, 1.807) is 0 Å². The van der Waals surface area contributed by atoms with Crippen LogP contribution in [0.4, 0.5) is 39.5 Å². The molecule has 0 nitrogen and oxygen atoms in total. The zero-order valence-corrected chi connectivity index (χ0v) is 10.4. The van der Waals surface area contributed by atoms with Crippen molar-refractivity contribution in [2.24, 2.45) is 0 Å². The van der Waals surface area contributed by atoms with E-state index in [0.717, 1.165) is 0 Å². The number of hydrogen-bond acceptors (Lipinski definition) is 0. The molecule has 0 bridgehead atoms. The fourth-order valence-corrected chi connectivity index (χ4v) is 4.16. The first-order valence-corrected chi connectivity index (χ1v) is 8.20. The highest BCUT2D eigenvalue weighted by Gasteiger charge is 3.01. The molecule has 0 aromatic heterocycles. The lowest BCUT2D eigenvalue weighted by atomic mass is 10.2. The third-order valence-electron chi connectivity index (χ3n) is 3.08. The summed E-state index contributed by atoms with van der Waals surface area (Å²) >= 11 is 0. The van der Waals surface area contributed by atoms with Gasteiger partial charge in [0.1, 0.15) is 8.07 Å². The number of halogens is 9. The van der Waals surface area contributed by atoms with Crippen molar-refractivity contribution >= 4 is 8.07 Å². The molecular formula is C8H9F9Si. The molecule has 1 rings (SSSR count). The van der Waals surface area contributed by atoms with Crippen LogP contribution in [0.3, 0.4) is 0 Å². The zero-order chi connectivity index (χ0) is 15.0. The molecule has 0 aromatic rings. The predicted octanol–water partition coefficient (Wildman–Crippen LogP) is 4.13. The van der Waals surface area contributed by atoms with Gasteiger partial charge in [0.25, 0.3) is 0 Å². The van der Waals surface area contributed by atoms with Crippen LogP contribution in [0.25, 0.3) is 0 Å². The van der Waals surface area contributed by atoms with Crippen LogP contribution in [0.15, 0.2) is 0 Å². The van der Waals surface area contributed by atoms with Gasteiger partial charge in [0.05, 0.1) is 0 Å². The molecule has 0 spiro atoms. The molecular weight excluding hydrogens is 295 g/mol. The summed E-state index contributed by atoms with van der Waals surface area (Å²) in [6.07, 6.45) is 0. The van der Waals surface area contributed by atoms with Crippen molar-refractivity contribution in [2.75, 3.05) is 0 Å². The molecule has 0 amide bonds. The summed E-state index contributed by atoms with van der Waals surface area (Å²) in [5.41, 5.74) is 0. The maximum atomic E-state index is 14.0. The van der Waals surface area contributed by atoms with Crippen molar-refractivity contribution in [1.29, 1.82) is 0 Å². The van der Waals surface area contributed by atoms with Gasteiger partial charge in [0, 0.05) is 0 Å². The molecule has 1 saturated carbocycles. The highest BCUT2D eigenvalue weighted by molar-refractivity contribution is 6.79. The Kier molecular flexibility index (Phi) is 2.77. The van der Waals surface area contributed by atoms with E-state index in [-0.39, 0.29) is 0 Å². The van der Waals surface area contributed by atoms with Gasteiger partial charge in [-0.25, -0.2) is 4.39 Å². The number of hydrogen-bond donors (Lipinski definition) is 0. The molecule has 1 aliphatic carbocycles. The van der Waals surface area contributed by atoms with Gasteiger partial charge in [-0.2, -0.15) is 35.1 Å². The monoisotopic (exact) mass is 304 g/mol. The largest absolute Gasteiger partial charge is 0.381 e. The Morgan fingerprint density at radius 3 is 0.833 bits per heavy atom. The Labute approximate surface area is 97.2 Å². The van der Waals surface area contributed by atoms with Crippen molar-refractivity contribution in [2.45, 2.75) is 48.6 Å². The van der Waals surface area contributed by atoms with E-state index in [1.165, 1.54) is 0 Å². The number of rotatable bonds is 1. The molecule has 0 heterocycles. The minimum Gasteiger partial charge on any atom is -0.234 e. The lowest BCUT2D eigenvalue weighted by molar-refractivity contribution is -0.303. The molecule has 1 fully saturated rings. The smallest absolute Gasteiger partial charge is 0.234 e. The lowest BCUT2D eigenvalue weighted by Gasteiger charge is -2.39. The second kappa shape index (κ2) is 3.18.